The van der Waals surface area contributed by atoms with E-state index in [0.29, 0.717) is 12.1 Å². The lowest BCUT2D eigenvalue weighted by atomic mass is 9.78. The lowest BCUT2D eigenvalue weighted by Gasteiger charge is -2.50. The van der Waals surface area contributed by atoms with Gasteiger partial charge in [0.2, 0.25) is 11.7 Å². The number of aromatic nitrogens is 3. The van der Waals surface area contributed by atoms with Crippen LogP contribution in [0.25, 0.3) is 11.3 Å². The van der Waals surface area contributed by atoms with Gasteiger partial charge in [-0.15, -0.1) is 5.10 Å². The van der Waals surface area contributed by atoms with Crippen LogP contribution < -0.4 is 5.73 Å². The van der Waals surface area contributed by atoms with Gasteiger partial charge in [0, 0.05) is 22.6 Å². The number of carbonyl (C=O) groups excluding carboxylic acids is 1. The van der Waals surface area contributed by atoms with Crippen molar-refractivity contribution in [3.05, 3.63) is 70.9 Å². The number of aliphatic hydroxyl groups is 3. The van der Waals surface area contributed by atoms with Gasteiger partial charge in [-0.2, -0.15) is 0 Å². The fourth-order valence-corrected chi connectivity index (χ4v) is 5.22. The maximum atomic E-state index is 15.1. The molecule has 2 fully saturated rings. The Hall–Kier alpha value is -3.43. The van der Waals surface area contributed by atoms with Gasteiger partial charge in [0.05, 0.1) is 19.4 Å². The largest absolute Gasteiger partial charge is 0.394 e. The van der Waals surface area contributed by atoms with Crippen LogP contribution in [0.15, 0.2) is 36.5 Å². The first-order valence-corrected chi connectivity index (χ1v) is 11.5. The molecular weight excluding hydrogens is 516 g/mol. The van der Waals surface area contributed by atoms with Crippen LogP contribution in [0.4, 0.5) is 17.6 Å². The molecule has 2 aromatic carbocycles. The second-order valence-corrected chi connectivity index (χ2v) is 9.08. The molecule has 202 valence electrons. The lowest BCUT2D eigenvalue weighted by Crippen LogP contribution is -2.64. The van der Waals surface area contributed by atoms with E-state index < -0.39 is 71.8 Å². The van der Waals surface area contributed by atoms with Crippen LogP contribution in [0, 0.1) is 23.3 Å². The summed E-state index contributed by atoms with van der Waals surface area (Å²) >= 11 is 0. The maximum Gasteiger partial charge on any atom is 0.249 e. The van der Waals surface area contributed by atoms with Gasteiger partial charge in [0.25, 0.3) is 0 Å². The first-order chi connectivity index (χ1) is 18.1. The molecule has 0 radical (unpaired) electrons. The zero-order chi connectivity index (χ0) is 27.4. The Bertz CT molecular complexity index is 1370. The molecule has 0 bridgehead atoms. The summed E-state index contributed by atoms with van der Waals surface area (Å²) < 4.78 is 68.6. The molecular formula is C24H22F4N4O6. The number of amides is 1. The number of hydrogen-bond donors (Lipinski definition) is 4. The predicted octanol–water partition coefficient (Wildman–Crippen LogP) is 1.15. The van der Waals surface area contributed by atoms with Crippen molar-refractivity contribution in [1.82, 2.24) is 15.0 Å². The van der Waals surface area contributed by atoms with E-state index in [-0.39, 0.29) is 35.4 Å². The average Bonchev–Trinajstić information content (AvgIpc) is 3.53. The van der Waals surface area contributed by atoms with Crippen LogP contribution >= 0.6 is 0 Å². The van der Waals surface area contributed by atoms with E-state index in [0.717, 1.165) is 16.9 Å². The smallest absolute Gasteiger partial charge is 0.249 e. The molecule has 10 nitrogen and oxygen atoms in total. The molecule has 1 amide bonds. The predicted molar refractivity (Wildman–Crippen MR) is 119 cm³/mol. The van der Waals surface area contributed by atoms with Gasteiger partial charge in [-0.25, -0.2) is 22.2 Å². The molecule has 2 aliphatic heterocycles. The zero-order valence-electron chi connectivity index (χ0n) is 19.5. The summed E-state index contributed by atoms with van der Waals surface area (Å²) in [4.78, 5) is 12.1. The fourth-order valence-electron chi connectivity index (χ4n) is 5.22. The van der Waals surface area contributed by atoms with Crippen LogP contribution in [0.5, 0.6) is 0 Å². The molecule has 38 heavy (non-hydrogen) atoms. The Balaban J connectivity index is 1.58. The summed E-state index contributed by atoms with van der Waals surface area (Å²) in [5.41, 5.74) is 4.82. The van der Waals surface area contributed by atoms with E-state index in [1.54, 1.807) is 0 Å². The number of ether oxygens (including phenoxy) is 2. The molecule has 3 aromatic rings. The monoisotopic (exact) mass is 538 g/mol. The highest BCUT2D eigenvalue weighted by Crippen LogP contribution is 2.51. The second kappa shape index (κ2) is 9.71. The van der Waals surface area contributed by atoms with Gasteiger partial charge in [0.15, 0.2) is 17.5 Å². The first kappa shape index (κ1) is 26.2. The number of primary amides is 1. The van der Waals surface area contributed by atoms with Crippen molar-refractivity contribution >= 4 is 5.91 Å². The highest BCUT2D eigenvalue weighted by molar-refractivity contribution is 5.94. The third-order valence-electron chi connectivity index (χ3n) is 6.96. The van der Waals surface area contributed by atoms with E-state index in [9.17, 15) is 33.3 Å². The Morgan fingerprint density at radius 3 is 2.53 bits per heavy atom. The number of nitrogens with zero attached hydrogens (tertiary/aromatic N) is 3. The Morgan fingerprint density at radius 2 is 1.87 bits per heavy atom. The molecule has 6 atom stereocenters. The Kier molecular flexibility index (Phi) is 6.69. The highest BCUT2D eigenvalue weighted by Gasteiger charge is 2.62. The third kappa shape index (κ3) is 4.05. The van der Waals surface area contributed by atoms with Gasteiger partial charge in [-0.05, 0) is 30.7 Å². The molecule has 0 unspecified atom stereocenters. The van der Waals surface area contributed by atoms with Crippen molar-refractivity contribution < 1.29 is 47.1 Å². The van der Waals surface area contributed by atoms with Crippen LogP contribution in [0.1, 0.15) is 34.3 Å². The number of benzene rings is 2. The number of hydrogen-bond acceptors (Lipinski definition) is 8. The molecule has 5 rings (SSSR count). The summed E-state index contributed by atoms with van der Waals surface area (Å²) in [7, 11) is 0. The molecule has 2 aliphatic rings. The van der Waals surface area contributed by atoms with Crippen LogP contribution in [-0.2, 0) is 9.47 Å². The van der Waals surface area contributed by atoms with Crippen LogP contribution in [-0.4, -0.2) is 73.5 Å². The van der Waals surface area contributed by atoms with Gasteiger partial charge >= 0.3 is 0 Å². The summed E-state index contributed by atoms with van der Waals surface area (Å²) in [6, 6.07) is 3.66. The van der Waals surface area contributed by atoms with Crippen molar-refractivity contribution in [1.29, 1.82) is 0 Å². The van der Waals surface area contributed by atoms with Gasteiger partial charge in [0.1, 0.15) is 35.9 Å². The van der Waals surface area contributed by atoms with Crippen LogP contribution in [0.3, 0.4) is 0 Å². The number of nitrogens with two attached hydrogens (primary N) is 1. The van der Waals surface area contributed by atoms with Crippen molar-refractivity contribution in [2.45, 2.75) is 42.5 Å². The number of aliphatic hydroxyl groups excluding tert-OH is 3. The highest BCUT2D eigenvalue weighted by atomic mass is 19.2. The first-order valence-electron chi connectivity index (χ1n) is 11.5. The summed E-state index contributed by atoms with van der Waals surface area (Å²) in [6.45, 7) is -0.802. The maximum absolute atomic E-state index is 15.1. The normalized spacial score (nSPS) is 29.2. The summed E-state index contributed by atoms with van der Waals surface area (Å²) in [5, 5.41) is 40.1. The second-order valence-electron chi connectivity index (χ2n) is 9.08. The Labute approximate surface area is 212 Å². The number of rotatable bonds is 5. The zero-order valence-corrected chi connectivity index (χ0v) is 19.5. The number of carbonyl (C=O) groups is 1. The molecule has 1 spiro atoms. The molecule has 2 saturated heterocycles. The average molecular weight is 538 g/mol. The van der Waals surface area contributed by atoms with E-state index in [2.05, 4.69) is 10.3 Å². The lowest BCUT2D eigenvalue weighted by molar-refractivity contribution is -0.344. The Morgan fingerprint density at radius 1 is 1.16 bits per heavy atom. The SMILES string of the molecule is NC(=O)c1cccc(F)c1[C@H]1CCO[C@]12O[C@H](CO)[C@H](O)[C@H](n1cc(-c3cc(F)c(F)c(F)c3)nn1)[C@H]2O. The minimum atomic E-state index is -2.07. The van der Waals surface area contributed by atoms with Crippen molar-refractivity contribution in [2.24, 2.45) is 5.73 Å². The standard InChI is InChI=1S/C24H22F4N4O6/c25-13-3-1-2-11(23(29)36)18(13)12-4-5-37-24(12)22(35)20(21(34)17(9-33)38-24)32-8-16(30-31-32)10-6-14(26)19(28)15(27)7-10/h1-3,6-8,12,17,20-22,33-35H,4-5,9H2,(H2,29,36)/t12-,17-,20+,21+,22-,24+/m1/s1. The van der Waals surface area contributed by atoms with E-state index >= 15 is 4.39 Å². The number of halogens is 4. The molecule has 0 saturated carbocycles. The third-order valence-corrected chi connectivity index (χ3v) is 6.96. The van der Waals surface area contributed by atoms with Gasteiger partial charge in [-0.1, -0.05) is 11.3 Å². The van der Waals surface area contributed by atoms with Gasteiger partial charge in [-0.3, -0.25) is 4.79 Å². The molecule has 0 aliphatic carbocycles. The molecule has 5 N–H and O–H groups in total. The summed E-state index contributed by atoms with van der Waals surface area (Å²) in [5.74, 6) is -9.50. The van der Waals surface area contributed by atoms with Crippen molar-refractivity contribution in [3.63, 3.8) is 0 Å². The molecule has 1 aromatic heterocycles. The van der Waals surface area contributed by atoms with E-state index in [4.69, 9.17) is 15.2 Å². The van der Waals surface area contributed by atoms with Crippen molar-refractivity contribution in [3.8, 4) is 11.3 Å². The minimum Gasteiger partial charge on any atom is -0.394 e. The van der Waals surface area contributed by atoms with E-state index in [1.165, 1.54) is 12.1 Å². The summed E-state index contributed by atoms with van der Waals surface area (Å²) in [6.07, 6.45) is -3.56. The minimum absolute atomic E-state index is 0.0496. The molecule has 14 heteroatoms. The van der Waals surface area contributed by atoms with Crippen LogP contribution in [0.2, 0.25) is 0 Å². The fraction of sp³-hybridized carbons (Fsp3) is 0.375. The quantitative estimate of drug-likeness (QED) is 0.279. The molecule has 3 heterocycles. The topological polar surface area (TPSA) is 153 Å². The van der Waals surface area contributed by atoms with Crippen molar-refractivity contribution in [2.75, 3.05) is 13.2 Å². The van der Waals surface area contributed by atoms with E-state index in [1.807, 2.05) is 0 Å². The van der Waals surface area contributed by atoms with Gasteiger partial charge < -0.3 is 30.5 Å².